The number of carbonyl (C=O) groups excluding carboxylic acids is 2. The number of carbonyl (C=O) groups is 2. The van der Waals surface area contributed by atoms with E-state index in [9.17, 15) is 9.59 Å². The minimum atomic E-state index is -0.0774. The van der Waals surface area contributed by atoms with Crippen molar-refractivity contribution in [3.8, 4) is 0 Å². The van der Waals surface area contributed by atoms with Crippen LogP contribution in [-0.2, 0) is 16.0 Å². The molecule has 1 fully saturated rings. The molecule has 4 rings (SSSR count). The number of hydrogen-bond donors (Lipinski definition) is 2. The number of thioether (sulfide) groups is 1. The van der Waals surface area contributed by atoms with E-state index in [1.54, 1.807) is 29.4 Å². The number of benzene rings is 1. The zero-order valence-corrected chi connectivity index (χ0v) is 19.3. The Labute approximate surface area is 196 Å². The standard InChI is InChI=1S/C24H25N3O3S2/c28-22(25-12-11-17-16-26-20-9-4-3-8-19(17)20)10-2-1-5-13-27-23(29)21(32-24(27)31)15-18-7-6-14-30-18/h3-4,6-9,14-16,26H,1-2,5,10-13H2,(H,25,28)/b21-15-. The summed E-state index contributed by atoms with van der Waals surface area (Å²) in [6.45, 7) is 1.20. The summed E-state index contributed by atoms with van der Waals surface area (Å²) in [7, 11) is 0. The highest BCUT2D eigenvalue weighted by Crippen LogP contribution is 2.32. The maximum atomic E-state index is 12.6. The quantitative estimate of drug-likeness (QED) is 0.252. The van der Waals surface area contributed by atoms with Crippen LogP contribution in [0.25, 0.3) is 17.0 Å². The highest BCUT2D eigenvalue weighted by molar-refractivity contribution is 8.26. The molecule has 0 saturated carbocycles. The van der Waals surface area contributed by atoms with Crippen LogP contribution < -0.4 is 5.32 Å². The molecule has 1 aromatic carbocycles. The van der Waals surface area contributed by atoms with Gasteiger partial charge in [-0.25, -0.2) is 0 Å². The Hall–Kier alpha value is -2.84. The SMILES string of the molecule is O=C(CCCCCN1C(=O)/C(=C/c2ccco2)SC1=S)NCCc1c[nH]c2ccccc12. The Balaban J connectivity index is 1.12. The van der Waals surface area contributed by atoms with Gasteiger partial charge in [-0.2, -0.15) is 0 Å². The smallest absolute Gasteiger partial charge is 0.266 e. The Morgan fingerprint density at radius 3 is 2.91 bits per heavy atom. The van der Waals surface area contributed by atoms with Crippen molar-refractivity contribution >= 4 is 57.1 Å². The summed E-state index contributed by atoms with van der Waals surface area (Å²) in [6, 6.07) is 11.8. The van der Waals surface area contributed by atoms with Crippen LogP contribution in [-0.4, -0.2) is 39.1 Å². The fraction of sp³-hybridized carbons (Fsp3) is 0.292. The molecule has 0 radical (unpaired) electrons. The number of amides is 2. The fourth-order valence-corrected chi connectivity index (χ4v) is 4.98. The topological polar surface area (TPSA) is 78.3 Å². The number of para-hydroxylation sites is 1. The molecule has 0 spiro atoms. The van der Waals surface area contributed by atoms with Gasteiger partial charge in [0.15, 0.2) is 0 Å². The van der Waals surface area contributed by atoms with Crippen LogP contribution in [0.4, 0.5) is 0 Å². The molecule has 166 valence electrons. The van der Waals surface area contributed by atoms with Gasteiger partial charge in [-0.05, 0) is 43.0 Å². The predicted octanol–water partition coefficient (Wildman–Crippen LogP) is 4.88. The number of furan rings is 1. The number of aromatic amines is 1. The van der Waals surface area contributed by atoms with Gasteiger partial charge in [0.1, 0.15) is 10.1 Å². The lowest BCUT2D eigenvalue weighted by Crippen LogP contribution is -2.29. The summed E-state index contributed by atoms with van der Waals surface area (Å²) in [4.78, 5) is 30.2. The number of nitrogens with zero attached hydrogens (tertiary/aromatic N) is 1. The number of nitrogens with one attached hydrogen (secondary N) is 2. The molecule has 6 nitrogen and oxygen atoms in total. The maximum absolute atomic E-state index is 12.6. The molecule has 2 N–H and O–H groups in total. The molecule has 32 heavy (non-hydrogen) atoms. The third-order valence-corrected chi connectivity index (χ3v) is 6.74. The van der Waals surface area contributed by atoms with Gasteiger partial charge in [0, 0.05) is 42.7 Å². The van der Waals surface area contributed by atoms with E-state index < -0.39 is 0 Å². The van der Waals surface area contributed by atoms with Crippen LogP contribution in [0.1, 0.15) is 37.0 Å². The normalized spacial score (nSPS) is 15.2. The Bertz CT molecular complexity index is 1130. The van der Waals surface area contributed by atoms with Crippen molar-refractivity contribution in [3.63, 3.8) is 0 Å². The molecule has 3 heterocycles. The van der Waals surface area contributed by atoms with E-state index in [0.717, 1.165) is 31.2 Å². The number of rotatable bonds is 10. The van der Waals surface area contributed by atoms with E-state index >= 15 is 0 Å². The average molecular weight is 468 g/mol. The monoisotopic (exact) mass is 467 g/mol. The van der Waals surface area contributed by atoms with E-state index in [1.807, 2.05) is 18.3 Å². The van der Waals surface area contributed by atoms with Gasteiger partial charge < -0.3 is 14.7 Å². The Morgan fingerprint density at radius 2 is 2.06 bits per heavy atom. The van der Waals surface area contributed by atoms with Crippen LogP contribution in [0.3, 0.4) is 0 Å². The van der Waals surface area contributed by atoms with E-state index in [-0.39, 0.29) is 11.8 Å². The van der Waals surface area contributed by atoms with E-state index in [2.05, 4.69) is 22.4 Å². The summed E-state index contributed by atoms with van der Waals surface area (Å²) in [5, 5.41) is 4.21. The van der Waals surface area contributed by atoms with E-state index in [0.29, 0.717) is 34.5 Å². The van der Waals surface area contributed by atoms with Crippen LogP contribution in [0, 0.1) is 0 Å². The summed E-state index contributed by atoms with van der Waals surface area (Å²) >= 11 is 6.65. The summed E-state index contributed by atoms with van der Waals surface area (Å²) in [5.41, 5.74) is 2.33. The summed E-state index contributed by atoms with van der Waals surface area (Å²) < 4.78 is 5.85. The molecule has 2 aromatic heterocycles. The maximum Gasteiger partial charge on any atom is 0.266 e. The average Bonchev–Trinajstić information content (AvgIpc) is 3.50. The molecule has 0 aliphatic carbocycles. The van der Waals surface area contributed by atoms with Crippen molar-refractivity contribution in [2.24, 2.45) is 0 Å². The zero-order chi connectivity index (χ0) is 22.3. The number of aromatic nitrogens is 1. The van der Waals surface area contributed by atoms with Gasteiger partial charge in [-0.3, -0.25) is 14.5 Å². The molecule has 1 aliphatic heterocycles. The van der Waals surface area contributed by atoms with Crippen LogP contribution in [0.5, 0.6) is 0 Å². The predicted molar refractivity (Wildman–Crippen MR) is 132 cm³/mol. The van der Waals surface area contributed by atoms with Gasteiger partial charge in [-0.1, -0.05) is 48.6 Å². The van der Waals surface area contributed by atoms with Gasteiger partial charge in [-0.15, -0.1) is 0 Å². The van der Waals surface area contributed by atoms with Crippen molar-refractivity contribution in [3.05, 3.63) is 65.1 Å². The second kappa shape index (κ2) is 10.7. The molecule has 0 atom stereocenters. The number of thiocarbonyl (C=S) groups is 1. The minimum absolute atomic E-state index is 0.0665. The molecule has 0 bridgehead atoms. The number of H-pyrrole nitrogens is 1. The lowest BCUT2D eigenvalue weighted by molar-refractivity contribution is -0.122. The first-order chi connectivity index (χ1) is 15.6. The first kappa shape index (κ1) is 22.4. The molecule has 8 heteroatoms. The van der Waals surface area contributed by atoms with Gasteiger partial charge in [0.05, 0.1) is 11.2 Å². The second-order valence-electron chi connectivity index (χ2n) is 7.62. The van der Waals surface area contributed by atoms with Crippen molar-refractivity contribution in [2.45, 2.75) is 32.1 Å². The Kier molecular flexibility index (Phi) is 7.44. The van der Waals surface area contributed by atoms with Crippen molar-refractivity contribution in [1.82, 2.24) is 15.2 Å². The zero-order valence-electron chi connectivity index (χ0n) is 17.6. The summed E-state index contributed by atoms with van der Waals surface area (Å²) in [5.74, 6) is 0.629. The number of hydrogen-bond acceptors (Lipinski definition) is 5. The first-order valence-electron chi connectivity index (χ1n) is 10.7. The third kappa shape index (κ3) is 5.49. The lowest BCUT2D eigenvalue weighted by Gasteiger charge is -2.14. The van der Waals surface area contributed by atoms with E-state index in [1.165, 1.54) is 22.7 Å². The van der Waals surface area contributed by atoms with Crippen molar-refractivity contribution in [2.75, 3.05) is 13.1 Å². The van der Waals surface area contributed by atoms with Crippen molar-refractivity contribution < 1.29 is 14.0 Å². The number of fused-ring (bicyclic) bond motifs is 1. The van der Waals surface area contributed by atoms with Gasteiger partial charge in [0.25, 0.3) is 5.91 Å². The molecular weight excluding hydrogens is 442 g/mol. The molecule has 1 saturated heterocycles. The van der Waals surface area contributed by atoms with Gasteiger partial charge >= 0.3 is 0 Å². The van der Waals surface area contributed by atoms with Gasteiger partial charge in [0.2, 0.25) is 5.91 Å². The fourth-order valence-electron chi connectivity index (χ4n) is 3.69. The minimum Gasteiger partial charge on any atom is -0.465 e. The highest BCUT2D eigenvalue weighted by Gasteiger charge is 2.31. The molecule has 1 aliphatic rings. The molecule has 0 unspecified atom stereocenters. The largest absolute Gasteiger partial charge is 0.465 e. The molecule has 3 aromatic rings. The molecule has 2 amide bonds. The molecular formula is C24H25N3O3S2. The summed E-state index contributed by atoms with van der Waals surface area (Å²) in [6.07, 6.45) is 9.06. The highest BCUT2D eigenvalue weighted by atomic mass is 32.2. The first-order valence-corrected chi connectivity index (χ1v) is 11.9. The van der Waals surface area contributed by atoms with E-state index in [4.69, 9.17) is 16.6 Å². The Morgan fingerprint density at radius 1 is 1.19 bits per heavy atom. The second-order valence-corrected chi connectivity index (χ2v) is 9.29. The van der Waals surface area contributed by atoms with Crippen molar-refractivity contribution in [1.29, 1.82) is 0 Å². The van der Waals surface area contributed by atoms with Crippen LogP contribution in [0.2, 0.25) is 0 Å². The lowest BCUT2D eigenvalue weighted by atomic mass is 10.1. The third-order valence-electron chi connectivity index (χ3n) is 5.37. The number of unbranched alkanes of at least 4 members (excludes halogenated alkanes) is 2. The van der Waals surface area contributed by atoms with Crippen LogP contribution >= 0.6 is 24.0 Å². The van der Waals surface area contributed by atoms with Crippen LogP contribution in [0.15, 0.2) is 58.2 Å².